The molecular formula is C12H17NO4S. The van der Waals surface area contributed by atoms with Crippen LogP contribution in [0.3, 0.4) is 0 Å². The van der Waals surface area contributed by atoms with Crippen LogP contribution in [0, 0.1) is 0 Å². The Morgan fingerprint density at radius 3 is 2.28 bits per heavy atom. The highest BCUT2D eigenvalue weighted by Gasteiger charge is 2.23. The van der Waals surface area contributed by atoms with E-state index in [4.69, 9.17) is 9.47 Å². The summed E-state index contributed by atoms with van der Waals surface area (Å²) in [6.45, 7) is 1.56. The number of methoxy groups -OCH3 is 2. The molecule has 0 unspecified atom stereocenters. The summed E-state index contributed by atoms with van der Waals surface area (Å²) in [5.74, 6) is -0.983. The molecule has 0 aliphatic rings. The number of amides is 1. The highest BCUT2D eigenvalue weighted by atomic mass is 32.1. The van der Waals surface area contributed by atoms with Gasteiger partial charge in [0.25, 0.3) is 11.7 Å². The van der Waals surface area contributed by atoms with Crippen molar-refractivity contribution in [2.45, 2.75) is 0 Å². The Kier molecular flexibility index (Phi) is 6.56. The molecule has 1 aromatic heterocycles. The van der Waals surface area contributed by atoms with Gasteiger partial charge in [-0.05, 0) is 11.4 Å². The van der Waals surface area contributed by atoms with Gasteiger partial charge in [-0.2, -0.15) is 0 Å². The predicted octanol–water partition coefficient (Wildman–Crippen LogP) is 1.05. The summed E-state index contributed by atoms with van der Waals surface area (Å²) >= 11 is 1.26. The molecule has 0 spiro atoms. The molecule has 18 heavy (non-hydrogen) atoms. The van der Waals surface area contributed by atoms with Gasteiger partial charge in [0, 0.05) is 27.3 Å². The number of rotatable bonds is 8. The standard InChI is InChI=1S/C12H17NO4S/c1-16-7-5-13(6-8-17-2)12(15)11(14)10-4-3-9-18-10/h3-4,9H,5-8H2,1-2H3. The SMILES string of the molecule is COCCN(CCOC)C(=O)C(=O)c1cccs1. The quantitative estimate of drug-likeness (QED) is 0.524. The summed E-state index contributed by atoms with van der Waals surface area (Å²) in [7, 11) is 3.11. The fourth-order valence-corrected chi connectivity index (χ4v) is 2.03. The Morgan fingerprint density at radius 2 is 1.83 bits per heavy atom. The summed E-state index contributed by atoms with van der Waals surface area (Å²) in [6, 6.07) is 3.40. The lowest BCUT2D eigenvalue weighted by Gasteiger charge is -2.20. The highest BCUT2D eigenvalue weighted by Crippen LogP contribution is 2.11. The number of ether oxygens (including phenoxy) is 2. The first-order valence-electron chi connectivity index (χ1n) is 5.55. The van der Waals surface area contributed by atoms with Crippen LogP contribution in [-0.4, -0.2) is 57.1 Å². The molecule has 1 heterocycles. The third kappa shape index (κ3) is 4.21. The van der Waals surface area contributed by atoms with Gasteiger partial charge in [-0.25, -0.2) is 0 Å². The molecule has 0 saturated carbocycles. The molecule has 6 heteroatoms. The molecule has 0 aliphatic carbocycles. The Hall–Kier alpha value is -1.24. The molecule has 0 radical (unpaired) electrons. The first-order chi connectivity index (χ1) is 8.70. The maximum absolute atomic E-state index is 12.0. The number of carbonyl (C=O) groups excluding carboxylic acids is 2. The lowest BCUT2D eigenvalue weighted by atomic mass is 10.3. The molecule has 0 bridgehead atoms. The van der Waals surface area contributed by atoms with Crippen molar-refractivity contribution in [3.8, 4) is 0 Å². The molecule has 0 saturated heterocycles. The monoisotopic (exact) mass is 271 g/mol. The van der Waals surface area contributed by atoms with E-state index in [1.165, 1.54) is 16.2 Å². The molecule has 1 amide bonds. The van der Waals surface area contributed by atoms with E-state index >= 15 is 0 Å². The molecule has 1 rings (SSSR count). The van der Waals surface area contributed by atoms with E-state index in [1.807, 2.05) is 0 Å². The van der Waals surface area contributed by atoms with E-state index in [0.29, 0.717) is 31.2 Å². The van der Waals surface area contributed by atoms with Gasteiger partial charge in [-0.3, -0.25) is 9.59 Å². The van der Waals surface area contributed by atoms with Gasteiger partial charge in [0.05, 0.1) is 18.1 Å². The van der Waals surface area contributed by atoms with Gasteiger partial charge in [-0.1, -0.05) is 6.07 Å². The Balaban J connectivity index is 2.65. The Bertz CT molecular complexity index is 369. The van der Waals surface area contributed by atoms with Crippen molar-refractivity contribution in [2.75, 3.05) is 40.5 Å². The zero-order chi connectivity index (χ0) is 13.4. The van der Waals surface area contributed by atoms with Gasteiger partial charge in [0.1, 0.15) is 0 Å². The fraction of sp³-hybridized carbons (Fsp3) is 0.500. The summed E-state index contributed by atoms with van der Waals surface area (Å²) in [4.78, 5) is 25.8. The van der Waals surface area contributed by atoms with Crippen LogP contribution in [-0.2, 0) is 14.3 Å². The second-order valence-corrected chi connectivity index (χ2v) is 4.53. The number of thiophene rings is 1. The summed E-state index contributed by atoms with van der Waals surface area (Å²) < 4.78 is 9.86. The van der Waals surface area contributed by atoms with Crippen molar-refractivity contribution in [1.29, 1.82) is 0 Å². The second kappa shape index (κ2) is 7.97. The minimum absolute atomic E-state index is 0.385. The molecular weight excluding hydrogens is 254 g/mol. The van der Waals surface area contributed by atoms with Crippen LogP contribution in [0.25, 0.3) is 0 Å². The topological polar surface area (TPSA) is 55.8 Å². The summed E-state index contributed by atoms with van der Waals surface area (Å²) in [5, 5.41) is 1.77. The summed E-state index contributed by atoms with van der Waals surface area (Å²) in [6.07, 6.45) is 0. The van der Waals surface area contributed by atoms with Gasteiger partial charge < -0.3 is 14.4 Å². The van der Waals surface area contributed by atoms with E-state index < -0.39 is 11.7 Å². The van der Waals surface area contributed by atoms with Crippen molar-refractivity contribution < 1.29 is 19.1 Å². The Labute approximate surface area is 110 Å². The van der Waals surface area contributed by atoms with Crippen LogP contribution in [0.4, 0.5) is 0 Å². The van der Waals surface area contributed by atoms with E-state index in [0.717, 1.165) is 0 Å². The highest BCUT2D eigenvalue weighted by molar-refractivity contribution is 7.12. The van der Waals surface area contributed by atoms with E-state index in [-0.39, 0.29) is 0 Å². The number of ketones is 1. The van der Waals surface area contributed by atoms with Gasteiger partial charge >= 0.3 is 0 Å². The van der Waals surface area contributed by atoms with Crippen LogP contribution >= 0.6 is 11.3 Å². The maximum atomic E-state index is 12.0. The van der Waals surface area contributed by atoms with E-state index in [2.05, 4.69) is 0 Å². The third-order valence-electron chi connectivity index (χ3n) is 2.36. The normalized spacial score (nSPS) is 10.3. The van der Waals surface area contributed by atoms with Crippen LogP contribution in [0.5, 0.6) is 0 Å². The fourth-order valence-electron chi connectivity index (χ4n) is 1.37. The number of carbonyl (C=O) groups is 2. The van der Waals surface area contributed by atoms with Crippen molar-refractivity contribution in [3.63, 3.8) is 0 Å². The molecule has 0 aliphatic heterocycles. The molecule has 0 atom stereocenters. The second-order valence-electron chi connectivity index (χ2n) is 3.58. The van der Waals surface area contributed by atoms with Crippen LogP contribution in [0.2, 0.25) is 0 Å². The third-order valence-corrected chi connectivity index (χ3v) is 3.23. The average molecular weight is 271 g/mol. The van der Waals surface area contributed by atoms with E-state index in [1.54, 1.807) is 31.7 Å². The van der Waals surface area contributed by atoms with Crippen LogP contribution in [0.1, 0.15) is 9.67 Å². The van der Waals surface area contributed by atoms with Gasteiger partial charge in [-0.15, -0.1) is 11.3 Å². The zero-order valence-corrected chi connectivity index (χ0v) is 11.4. The average Bonchev–Trinajstić information content (AvgIpc) is 2.91. The molecule has 100 valence electrons. The minimum Gasteiger partial charge on any atom is -0.383 e. The zero-order valence-electron chi connectivity index (χ0n) is 10.5. The van der Waals surface area contributed by atoms with Crippen molar-refractivity contribution in [1.82, 2.24) is 4.90 Å². The van der Waals surface area contributed by atoms with E-state index in [9.17, 15) is 9.59 Å². The lowest BCUT2D eigenvalue weighted by molar-refractivity contribution is -0.127. The maximum Gasteiger partial charge on any atom is 0.295 e. The van der Waals surface area contributed by atoms with Gasteiger partial charge in [0.15, 0.2) is 0 Å². The molecule has 1 aromatic rings. The smallest absolute Gasteiger partial charge is 0.295 e. The largest absolute Gasteiger partial charge is 0.383 e. The first kappa shape index (κ1) is 14.8. The van der Waals surface area contributed by atoms with Crippen LogP contribution in [0.15, 0.2) is 17.5 Å². The molecule has 5 nitrogen and oxygen atoms in total. The molecule has 0 aromatic carbocycles. The number of hydrogen-bond donors (Lipinski definition) is 0. The van der Waals surface area contributed by atoms with Crippen molar-refractivity contribution in [2.24, 2.45) is 0 Å². The van der Waals surface area contributed by atoms with Crippen molar-refractivity contribution >= 4 is 23.0 Å². The molecule has 0 N–H and O–H groups in total. The van der Waals surface area contributed by atoms with Crippen LogP contribution < -0.4 is 0 Å². The Morgan fingerprint density at radius 1 is 1.22 bits per heavy atom. The minimum atomic E-state index is -0.508. The first-order valence-corrected chi connectivity index (χ1v) is 6.43. The predicted molar refractivity (Wildman–Crippen MR) is 69.0 cm³/mol. The number of hydrogen-bond acceptors (Lipinski definition) is 5. The lowest BCUT2D eigenvalue weighted by Crippen LogP contribution is -2.40. The number of nitrogens with zero attached hydrogens (tertiary/aromatic N) is 1. The molecule has 0 fully saturated rings. The summed E-state index contributed by atoms with van der Waals surface area (Å²) in [5.41, 5.74) is 0. The van der Waals surface area contributed by atoms with Crippen molar-refractivity contribution in [3.05, 3.63) is 22.4 Å². The van der Waals surface area contributed by atoms with Gasteiger partial charge in [0.2, 0.25) is 0 Å². The number of Topliss-reactive ketones (excluding diaryl/α,β-unsaturated/α-hetero) is 1.